The molecule has 0 atom stereocenters. The van der Waals surface area contributed by atoms with Crippen molar-refractivity contribution in [2.24, 2.45) is 0 Å². The highest BCUT2D eigenvalue weighted by molar-refractivity contribution is 6.79. The Morgan fingerprint density at radius 1 is 1.25 bits per heavy atom. The first kappa shape index (κ1) is 12.8. The van der Waals surface area contributed by atoms with Gasteiger partial charge in [0.2, 0.25) is 0 Å². The molecule has 0 bridgehead atoms. The van der Waals surface area contributed by atoms with Crippen molar-refractivity contribution in [3.05, 3.63) is 29.6 Å². The molecule has 2 saturated heterocycles. The maximum Gasteiger partial charge on any atom is 0.614 e. The van der Waals surface area contributed by atoms with Crippen LogP contribution in [0.2, 0.25) is 0 Å². The molecule has 2 aliphatic heterocycles. The molecule has 20 heavy (non-hydrogen) atoms. The molecule has 0 aromatic heterocycles. The van der Waals surface area contributed by atoms with Crippen LogP contribution in [0.5, 0.6) is 0 Å². The van der Waals surface area contributed by atoms with Crippen LogP contribution in [0, 0.1) is 5.82 Å². The summed E-state index contributed by atoms with van der Waals surface area (Å²) in [7, 11) is 1.67. The van der Waals surface area contributed by atoms with Crippen LogP contribution >= 0.6 is 0 Å². The van der Waals surface area contributed by atoms with Gasteiger partial charge in [0, 0.05) is 12.6 Å². The van der Waals surface area contributed by atoms with E-state index in [-0.39, 0.29) is 23.0 Å². The lowest BCUT2D eigenvalue weighted by Gasteiger charge is -2.40. The van der Waals surface area contributed by atoms with E-state index in [2.05, 4.69) is 0 Å². The lowest BCUT2D eigenvalue weighted by molar-refractivity contribution is -0.791. The Labute approximate surface area is 113 Å². The molecule has 1 aromatic rings. The predicted molar refractivity (Wildman–Crippen MR) is 65.3 cm³/mol. The first-order valence-corrected chi connectivity index (χ1v) is 6.07. The third-order valence-electron chi connectivity index (χ3n) is 3.95. The molecule has 8 heteroatoms. The van der Waals surface area contributed by atoms with E-state index >= 15 is 0 Å². The third-order valence-corrected chi connectivity index (χ3v) is 3.95. The molecule has 1 aromatic carbocycles. The van der Waals surface area contributed by atoms with Gasteiger partial charge < -0.3 is 13.7 Å². The normalized spacial score (nSPS) is 31.7. The summed E-state index contributed by atoms with van der Waals surface area (Å²) in [6, 6.07) is 3.73. The molecule has 3 rings (SSSR count). The standard InChI is InChI=1S/C12H11BFNO5/c1-15-5-11(17)19-13(15,20-12(18)6-15)9-2-3-10(14)8(4-9)7-16/h2-4,7H,5-6H2,1H3. The Kier molecular flexibility index (Phi) is 2.49. The van der Waals surface area contributed by atoms with Gasteiger partial charge in [-0.3, -0.25) is 14.4 Å². The van der Waals surface area contributed by atoms with Crippen molar-refractivity contribution in [2.45, 2.75) is 0 Å². The minimum Gasteiger partial charge on any atom is -0.596 e. The second-order valence-corrected chi connectivity index (χ2v) is 5.35. The molecular weight excluding hydrogens is 268 g/mol. The zero-order valence-electron chi connectivity index (χ0n) is 10.7. The monoisotopic (exact) mass is 279 g/mol. The van der Waals surface area contributed by atoms with E-state index in [0.717, 1.165) is 6.07 Å². The number of halogens is 1. The van der Waals surface area contributed by atoms with Crippen molar-refractivity contribution < 1.29 is 32.5 Å². The summed E-state index contributed by atoms with van der Waals surface area (Å²) in [5.41, 5.74) is 0.156. The zero-order chi connectivity index (χ0) is 14.5. The van der Waals surface area contributed by atoms with Gasteiger partial charge in [-0.2, -0.15) is 0 Å². The van der Waals surface area contributed by atoms with E-state index < -0.39 is 24.4 Å². The number of likely N-dealkylation sites (N-methyl/N-ethyl adjacent to an activating group) is 1. The summed E-state index contributed by atoms with van der Waals surface area (Å²) in [5, 5.41) is 0. The number of hydrogen-bond donors (Lipinski definition) is 0. The lowest BCUT2D eigenvalue weighted by Crippen LogP contribution is -2.67. The maximum absolute atomic E-state index is 13.4. The van der Waals surface area contributed by atoms with Gasteiger partial charge in [-0.05, 0) is 11.5 Å². The Balaban J connectivity index is 2.17. The van der Waals surface area contributed by atoms with E-state index in [1.165, 1.54) is 12.1 Å². The van der Waals surface area contributed by atoms with Gasteiger partial charge in [0.1, 0.15) is 18.9 Å². The lowest BCUT2D eigenvalue weighted by atomic mass is 9.61. The highest BCUT2D eigenvalue weighted by Crippen LogP contribution is 2.33. The van der Waals surface area contributed by atoms with Gasteiger partial charge >= 0.3 is 18.6 Å². The van der Waals surface area contributed by atoms with Crippen LogP contribution in [0.15, 0.2) is 18.2 Å². The summed E-state index contributed by atoms with van der Waals surface area (Å²) in [4.78, 5) is 34.1. The van der Waals surface area contributed by atoms with Crippen molar-refractivity contribution in [1.29, 1.82) is 0 Å². The predicted octanol–water partition coefficient (Wildman–Crippen LogP) is -0.656. The van der Waals surface area contributed by atoms with Crippen LogP contribution in [0.1, 0.15) is 10.4 Å². The number of nitrogens with zero attached hydrogens (tertiary/aromatic N) is 1. The summed E-state index contributed by atoms with van der Waals surface area (Å²) in [6.45, 7) is -2.42. The van der Waals surface area contributed by atoms with Gasteiger partial charge in [0.25, 0.3) is 0 Å². The summed E-state index contributed by atoms with van der Waals surface area (Å²) in [5.74, 6) is -1.66. The van der Waals surface area contributed by atoms with Crippen molar-refractivity contribution in [3.8, 4) is 0 Å². The fourth-order valence-corrected chi connectivity index (χ4v) is 2.97. The molecule has 104 valence electrons. The van der Waals surface area contributed by atoms with E-state index in [9.17, 15) is 18.8 Å². The summed E-state index contributed by atoms with van der Waals surface area (Å²) in [6.07, 6.45) is 0.365. The number of aldehydes is 1. The number of carbonyl (C=O) groups excluding carboxylic acids is 3. The molecule has 0 N–H and O–H groups in total. The first-order valence-electron chi connectivity index (χ1n) is 6.07. The number of benzene rings is 1. The van der Waals surface area contributed by atoms with Crippen LogP contribution in [0.25, 0.3) is 0 Å². The molecule has 6 nitrogen and oxygen atoms in total. The molecule has 0 spiro atoms. The molecule has 2 aliphatic rings. The molecule has 0 radical (unpaired) electrons. The second kappa shape index (κ2) is 3.89. The Hall–Kier alpha value is -2.22. The summed E-state index contributed by atoms with van der Waals surface area (Å²) < 4.78 is 23.9. The minimum absolute atomic E-state index is 0.000457. The van der Waals surface area contributed by atoms with Crippen LogP contribution in [0.3, 0.4) is 0 Å². The molecule has 0 saturated carbocycles. The number of carbonyl (C=O) groups is 3. The van der Waals surface area contributed by atoms with Crippen LogP contribution in [-0.4, -0.2) is 49.4 Å². The molecular formula is C12H11BFNO5. The van der Waals surface area contributed by atoms with E-state index in [1.807, 2.05) is 0 Å². The van der Waals surface area contributed by atoms with Crippen molar-refractivity contribution in [2.75, 3.05) is 20.1 Å². The molecule has 0 aliphatic carbocycles. The Bertz CT molecular complexity index is 627. The minimum atomic E-state index is -2.42. The topological polar surface area (TPSA) is 69.7 Å². The van der Waals surface area contributed by atoms with Gasteiger partial charge in [-0.15, -0.1) is 0 Å². The van der Waals surface area contributed by atoms with Gasteiger partial charge in [0.05, 0.1) is 0 Å². The fourth-order valence-electron chi connectivity index (χ4n) is 2.97. The SMILES string of the molecule is C[N+]12CC(=O)O[B-]1(c1ccc(F)c(C=O)c1)OC(=O)C2. The average molecular weight is 279 g/mol. The van der Waals surface area contributed by atoms with Crippen LogP contribution in [0.4, 0.5) is 4.39 Å². The highest BCUT2D eigenvalue weighted by atomic mass is 19.1. The largest absolute Gasteiger partial charge is 0.614 e. The van der Waals surface area contributed by atoms with Gasteiger partial charge in [-0.25, -0.2) is 4.39 Å². The number of fused-ring (bicyclic) bond motifs is 1. The second-order valence-electron chi connectivity index (χ2n) is 5.35. The fraction of sp³-hybridized carbons (Fsp3) is 0.250. The van der Waals surface area contributed by atoms with Crippen molar-refractivity contribution in [3.63, 3.8) is 0 Å². The Morgan fingerprint density at radius 3 is 2.40 bits per heavy atom. The first-order chi connectivity index (χ1) is 9.40. The van der Waals surface area contributed by atoms with Crippen LogP contribution < -0.4 is 5.46 Å². The molecule has 2 heterocycles. The molecule has 0 unspecified atom stereocenters. The molecule has 0 amide bonds. The quantitative estimate of drug-likeness (QED) is 0.531. The molecule has 2 fully saturated rings. The maximum atomic E-state index is 13.4. The van der Waals surface area contributed by atoms with Crippen molar-refractivity contribution >= 4 is 30.4 Å². The van der Waals surface area contributed by atoms with E-state index in [4.69, 9.17) is 9.31 Å². The van der Waals surface area contributed by atoms with E-state index in [1.54, 1.807) is 7.05 Å². The average Bonchev–Trinajstić information content (AvgIpc) is 2.74. The number of hydrogen-bond acceptors (Lipinski definition) is 5. The van der Waals surface area contributed by atoms with Gasteiger partial charge in [0.15, 0.2) is 6.29 Å². The smallest absolute Gasteiger partial charge is 0.596 e. The van der Waals surface area contributed by atoms with Gasteiger partial charge in [-0.1, -0.05) is 12.1 Å². The van der Waals surface area contributed by atoms with E-state index in [0.29, 0.717) is 11.7 Å². The number of quaternary nitrogens is 1. The van der Waals surface area contributed by atoms with Crippen LogP contribution in [-0.2, 0) is 18.9 Å². The highest BCUT2D eigenvalue weighted by Gasteiger charge is 2.66. The number of rotatable bonds is 2. The third kappa shape index (κ3) is 1.51. The zero-order valence-corrected chi connectivity index (χ0v) is 10.7. The Morgan fingerprint density at radius 2 is 1.85 bits per heavy atom. The summed E-state index contributed by atoms with van der Waals surface area (Å²) >= 11 is 0. The van der Waals surface area contributed by atoms with Crippen molar-refractivity contribution in [1.82, 2.24) is 0 Å².